The molecule has 0 amide bonds. The summed E-state index contributed by atoms with van der Waals surface area (Å²) in [5, 5.41) is 0. The van der Waals surface area contributed by atoms with Crippen molar-refractivity contribution >= 4 is 0 Å². The summed E-state index contributed by atoms with van der Waals surface area (Å²) < 4.78 is 9.42. The molecule has 2 aromatic heterocycles. The van der Waals surface area contributed by atoms with Gasteiger partial charge in [-0.15, -0.1) is 0 Å². The van der Waals surface area contributed by atoms with E-state index in [4.69, 9.17) is 8.83 Å². The van der Waals surface area contributed by atoms with Gasteiger partial charge in [0.25, 0.3) is 0 Å². The minimum Gasteiger partial charge on any atom is -0.431 e. The van der Waals surface area contributed by atoms with Crippen LogP contribution < -0.4 is 11.3 Å². The second kappa shape index (κ2) is 5.01. The van der Waals surface area contributed by atoms with Crippen LogP contribution in [-0.2, 0) is 0 Å². The number of hydrogen-bond acceptors (Lipinski definition) is 4. The highest BCUT2D eigenvalue weighted by Crippen LogP contribution is 2.24. The Morgan fingerprint density at radius 3 is 1.50 bits per heavy atom. The first kappa shape index (κ1) is 12.2. The third-order valence-corrected chi connectivity index (χ3v) is 2.94. The van der Waals surface area contributed by atoms with Crippen molar-refractivity contribution in [2.45, 2.75) is 0 Å². The molecule has 0 aliphatic carbocycles. The lowest BCUT2D eigenvalue weighted by molar-refractivity contribution is 0.511. The molecule has 0 fully saturated rings. The van der Waals surface area contributed by atoms with Crippen LogP contribution in [-0.4, -0.2) is 0 Å². The molecule has 98 valence electrons. The Labute approximate surface area is 113 Å². The molecule has 3 rings (SSSR count). The van der Waals surface area contributed by atoms with Gasteiger partial charge in [-0.25, -0.2) is 9.59 Å². The Morgan fingerprint density at radius 1 is 0.600 bits per heavy atom. The van der Waals surface area contributed by atoms with Crippen molar-refractivity contribution in [3.63, 3.8) is 0 Å². The van der Waals surface area contributed by atoms with Gasteiger partial charge < -0.3 is 8.83 Å². The number of benzene rings is 1. The van der Waals surface area contributed by atoms with Crippen molar-refractivity contribution in [3.05, 3.63) is 81.9 Å². The predicted molar refractivity (Wildman–Crippen MR) is 74.4 cm³/mol. The summed E-state index contributed by atoms with van der Waals surface area (Å²) in [5.74, 6) is 0. The van der Waals surface area contributed by atoms with Crippen molar-refractivity contribution in [2.24, 2.45) is 0 Å². The summed E-state index contributed by atoms with van der Waals surface area (Å²) in [4.78, 5) is 22.5. The lowest BCUT2D eigenvalue weighted by Crippen LogP contribution is -1.96. The number of rotatable bonds is 2. The lowest BCUT2D eigenvalue weighted by Gasteiger charge is -2.04. The van der Waals surface area contributed by atoms with Crippen molar-refractivity contribution in [2.75, 3.05) is 0 Å². The lowest BCUT2D eigenvalue weighted by atomic mass is 10.0. The van der Waals surface area contributed by atoms with Crippen LogP contribution in [0.25, 0.3) is 22.3 Å². The zero-order valence-electron chi connectivity index (χ0n) is 10.4. The van der Waals surface area contributed by atoms with Gasteiger partial charge >= 0.3 is 11.3 Å². The molecule has 0 unspecified atom stereocenters. The third kappa shape index (κ3) is 2.44. The van der Waals surface area contributed by atoms with Crippen molar-refractivity contribution in [3.8, 4) is 22.3 Å². The molecule has 2 heterocycles. The molecule has 3 aromatic rings. The highest BCUT2D eigenvalue weighted by Gasteiger charge is 2.03. The van der Waals surface area contributed by atoms with Gasteiger partial charge in [0, 0.05) is 12.1 Å². The summed E-state index contributed by atoms with van der Waals surface area (Å²) in [6.07, 6.45) is 2.73. The van der Waals surface area contributed by atoms with Crippen molar-refractivity contribution < 1.29 is 8.83 Å². The molecule has 1 aromatic carbocycles. The summed E-state index contributed by atoms with van der Waals surface area (Å²) >= 11 is 0. The zero-order valence-corrected chi connectivity index (χ0v) is 10.4. The Hall–Kier alpha value is -2.88. The van der Waals surface area contributed by atoms with E-state index in [1.54, 1.807) is 12.1 Å². The molecule has 0 bridgehead atoms. The van der Waals surface area contributed by atoms with Crippen LogP contribution >= 0.6 is 0 Å². The van der Waals surface area contributed by atoms with Gasteiger partial charge in [-0.05, 0) is 40.5 Å². The molecular formula is C16H10O4. The van der Waals surface area contributed by atoms with Gasteiger partial charge in [0.1, 0.15) is 0 Å². The maximum atomic E-state index is 11.2. The first-order valence-electron chi connectivity index (χ1n) is 6.01. The van der Waals surface area contributed by atoms with Crippen LogP contribution in [0.4, 0.5) is 0 Å². The molecule has 0 spiro atoms. The van der Waals surface area contributed by atoms with Gasteiger partial charge in [-0.3, -0.25) is 0 Å². The summed E-state index contributed by atoms with van der Waals surface area (Å²) in [6, 6.07) is 13.9. The fraction of sp³-hybridized carbons (Fsp3) is 0. The Kier molecular flexibility index (Phi) is 3.05. The van der Waals surface area contributed by atoms with E-state index < -0.39 is 11.3 Å². The van der Waals surface area contributed by atoms with E-state index in [0.717, 1.165) is 22.3 Å². The van der Waals surface area contributed by atoms with E-state index in [1.807, 2.05) is 24.3 Å². The quantitative estimate of drug-likeness (QED) is 0.715. The number of hydrogen-bond donors (Lipinski definition) is 0. The van der Waals surface area contributed by atoms with Crippen LogP contribution in [0, 0.1) is 0 Å². The topological polar surface area (TPSA) is 60.4 Å². The molecule has 0 saturated carbocycles. The van der Waals surface area contributed by atoms with Crippen molar-refractivity contribution in [1.29, 1.82) is 0 Å². The first-order valence-corrected chi connectivity index (χ1v) is 6.01. The molecule has 4 heteroatoms. The molecule has 0 aliphatic heterocycles. The average molecular weight is 266 g/mol. The van der Waals surface area contributed by atoms with Gasteiger partial charge in [0.2, 0.25) is 0 Å². The first-order chi connectivity index (χ1) is 9.72. The molecule has 0 aliphatic rings. The molecule has 0 saturated heterocycles. The van der Waals surface area contributed by atoms with Crippen molar-refractivity contribution in [1.82, 2.24) is 0 Å². The normalized spacial score (nSPS) is 10.4. The van der Waals surface area contributed by atoms with E-state index in [9.17, 15) is 9.59 Å². The molecule has 0 atom stereocenters. The maximum absolute atomic E-state index is 11.2. The molecular weight excluding hydrogens is 256 g/mol. The van der Waals surface area contributed by atoms with Crippen LogP contribution in [0.5, 0.6) is 0 Å². The largest absolute Gasteiger partial charge is 0.431 e. The predicted octanol–water partition coefficient (Wildman–Crippen LogP) is 2.93. The highest BCUT2D eigenvalue weighted by molar-refractivity contribution is 5.72. The van der Waals surface area contributed by atoms with E-state index in [2.05, 4.69) is 0 Å². The fourth-order valence-corrected chi connectivity index (χ4v) is 2.00. The molecule has 4 nitrogen and oxygen atoms in total. The Balaban J connectivity index is 2.10. The smallest absolute Gasteiger partial charge is 0.336 e. The van der Waals surface area contributed by atoms with E-state index in [0.29, 0.717) is 0 Å². The van der Waals surface area contributed by atoms with Crippen LogP contribution in [0.15, 0.2) is 79.5 Å². The van der Waals surface area contributed by atoms with Gasteiger partial charge in [-0.1, -0.05) is 18.2 Å². The standard InChI is InChI=1S/C16H10O4/c17-15-9-13(4-6-19-15)11-2-1-3-12(8-11)14-5-7-20-16(18)10-14/h1-10H. The van der Waals surface area contributed by atoms with Crippen LogP contribution in [0.1, 0.15) is 0 Å². The monoisotopic (exact) mass is 266 g/mol. The van der Waals surface area contributed by atoms with Crippen LogP contribution in [0.2, 0.25) is 0 Å². The Bertz CT molecular complexity index is 789. The van der Waals surface area contributed by atoms with E-state index >= 15 is 0 Å². The minimum absolute atomic E-state index is 0.395. The second-order valence-corrected chi connectivity index (χ2v) is 4.26. The molecule has 20 heavy (non-hydrogen) atoms. The molecule has 0 radical (unpaired) electrons. The van der Waals surface area contributed by atoms with Gasteiger partial charge in [-0.2, -0.15) is 0 Å². The van der Waals surface area contributed by atoms with E-state index in [1.165, 1.54) is 24.7 Å². The Morgan fingerprint density at radius 2 is 1.05 bits per heavy atom. The second-order valence-electron chi connectivity index (χ2n) is 4.26. The highest BCUT2D eigenvalue weighted by atomic mass is 16.4. The zero-order chi connectivity index (χ0) is 13.9. The SMILES string of the molecule is O=c1cc(-c2cccc(-c3ccoc(=O)c3)c2)cco1. The van der Waals surface area contributed by atoms with Crippen LogP contribution in [0.3, 0.4) is 0 Å². The van der Waals surface area contributed by atoms with Gasteiger partial charge in [0.15, 0.2) is 0 Å². The van der Waals surface area contributed by atoms with Gasteiger partial charge in [0.05, 0.1) is 12.5 Å². The summed E-state index contributed by atoms with van der Waals surface area (Å²) in [7, 11) is 0. The third-order valence-electron chi connectivity index (χ3n) is 2.94. The van der Waals surface area contributed by atoms with E-state index in [-0.39, 0.29) is 0 Å². The summed E-state index contributed by atoms with van der Waals surface area (Å²) in [5.41, 5.74) is 2.51. The minimum atomic E-state index is -0.395. The molecule has 0 N–H and O–H groups in total. The maximum Gasteiger partial charge on any atom is 0.336 e. The average Bonchev–Trinajstić information content (AvgIpc) is 2.47. The summed E-state index contributed by atoms with van der Waals surface area (Å²) in [6.45, 7) is 0. The fourth-order valence-electron chi connectivity index (χ4n) is 2.00.